The van der Waals surface area contributed by atoms with Crippen molar-refractivity contribution in [3.63, 3.8) is 0 Å². The van der Waals surface area contributed by atoms with Gasteiger partial charge < -0.3 is 15.6 Å². The first kappa shape index (κ1) is 15.9. The molecule has 0 spiro atoms. The van der Waals surface area contributed by atoms with E-state index < -0.39 is 5.41 Å². The molecule has 0 atom stereocenters. The smallest absolute Gasteiger partial charge is 0.253 e. The van der Waals surface area contributed by atoms with Crippen LogP contribution in [0.2, 0.25) is 0 Å². The lowest BCUT2D eigenvalue weighted by molar-refractivity contribution is -0.119. The van der Waals surface area contributed by atoms with Crippen LogP contribution in [0, 0.1) is 6.92 Å². The Morgan fingerprint density at radius 3 is 2.79 bits per heavy atom. The average Bonchev–Trinajstić information content (AvgIpc) is 2.74. The van der Waals surface area contributed by atoms with Crippen molar-refractivity contribution in [2.75, 3.05) is 10.6 Å². The number of nitrogens with one attached hydrogen (secondary N) is 3. The molecule has 0 bridgehead atoms. The molecule has 124 valence electrons. The maximum absolute atomic E-state index is 12.2. The molecule has 7 heteroatoms. The van der Waals surface area contributed by atoms with E-state index in [1.54, 1.807) is 25.1 Å². The number of hydrogen-bond acceptors (Lipinski definition) is 4. The van der Waals surface area contributed by atoms with E-state index in [2.05, 4.69) is 20.6 Å². The van der Waals surface area contributed by atoms with Gasteiger partial charge in [0.25, 0.3) is 5.56 Å². The second-order valence-corrected chi connectivity index (χ2v) is 6.37. The Morgan fingerprint density at radius 1 is 1.29 bits per heavy atom. The van der Waals surface area contributed by atoms with Crippen molar-refractivity contribution in [2.24, 2.45) is 0 Å². The number of aromatic nitrogens is 2. The number of carbonyl (C=O) groups excluding carboxylic acids is 2. The van der Waals surface area contributed by atoms with Crippen LogP contribution < -0.4 is 16.2 Å². The normalized spacial score (nSPS) is 14.9. The maximum Gasteiger partial charge on any atom is 0.253 e. The molecule has 1 aromatic heterocycles. The van der Waals surface area contributed by atoms with Crippen LogP contribution >= 0.6 is 0 Å². The van der Waals surface area contributed by atoms with Gasteiger partial charge in [-0.2, -0.15) is 0 Å². The highest BCUT2D eigenvalue weighted by Gasteiger charge is 2.38. The molecule has 3 rings (SSSR count). The number of benzene rings is 1. The Hall–Kier alpha value is -2.96. The third kappa shape index (κ3) is 2.68. The number of rotatable bonds is 3. The van der Waals surface area contributed by atoms with Gasteiger partial charge in [0.1, 0.15) is 0 Å². The Bertz CT molecular complexity index is 899. The standard InChI is InChI=1S/C17H18N4O3/c1-9-13(18-8-19-15(9)23)7-14(22)20-10-4-5-12-11(6-10)17(2,3)16(24)21-12/h4-6,8H,7H2,1-3H3,(H,20,22)(H,21,24)(H,18,19,23). The van der Waals surface area contributed by atoms with Crippen LogP contribution in [-0.2, 0) is 21.4 Å². The van der Waals surface area contributed by atoms with Crippen molar-refractivity contribution in [3.8, 4) is 0 Å². The summed E-state index contributed by atoms with van der Waals surface area (Å²) in [4.78, 5) is 42.2. The van der Waals surface area contributed by atoms with Gasteiger partial charge in [-0.3, -0.25) is 14.4 Å². The molecule has 2 aromatic rings. The first-order valence-electron chi connectivity index (χ1n) is 7.58. The summed E-state index contributed by atoms with van der Waals surface area (Å²) >= 11 is 0. The third-order valence-corrected chi connectivity index (χ3v) is 4.31. The molecule has 1 aromatic carbocycles. The third-order valence-electron chi connectivity index (χ3n) is 4.31. The van der Waals surface area contributed by atoms with Gasteiger partial charge in [-0.05, 0) is 44.5 Å². The van der Waals surface area contributed by atoms with Gasteiger partial charge in [0, 0.05) is 16.9 Å². The number of fused-ring (bicyclic) bond motifs is 1. The number of carbonyl (C=O) groups is 2. The van der Waals surface area contributed by atoms with Crippen molar-refractivity contribution in [1.29, 1.82) is 0 Å². The highest BCUT2D eigenvalue weighted by atomic mass is 16.2. The van der Waals surface area contributed by atoms with E-state index >= 15 is 0 Å². The quantitative estimate of drug-likeness (QED) is 0.795. The van der Waals surface area contributed by atoms with Gasteiger partial charge in [-0.1, -0.05) is 0 Å². The van der Waals surface area contributed by atoms with E-state index in [0.717, 1.165) is 11.3 Å². The second kappa shape index (κ2) is 5.59. The molecule has 0 unspecified atom stereocenters. The fourth-order valence-corrected chi connectivity index (χ4v) is 2.69. The zero-order valence-electron chi connectivity index (χ0n) is 13.7. The minimum atomic E-state index is -0.638. The topological polar surface area (TPSA) is 104 Å². The zero-order valence-corrected chi connectivity index (χ0v) is 13.7. The first-order valence-corrected chi connectivity index (χ1v) is 7.58. The Labute approximate surface area is 138 Å². The SMILES string of the molecule is Cc1c(CC(=O)Nc2ccc3c(c2)C(C)(C)C(=O)N3)nc[nH]c1=O. The van der Waals surface area contributed by atoms with Crippen molar-refractivity contribution >= 4 is 23.2 Å². The molecular formula is C17H18N4O3. The van der Waals surface area contributed by atoms with E-state index in [1.807, 2.05) is 13.8 Å². The molecular weight excluding hydrogens is 308 g/mol. The molecule has 0 saturated carbocycles. The summed E-state index contributed by atoms with van der Waals surface area (Å²) in [5.74, 6) is -0.337. The van der Waals surface area contributed by atoms with Crippen LogP contribution in [0.3, 0.4) is 0 Å². The van der Waals surface area contributed by atoms with Gasteiger partial charge in [0.05, 0.1) is 23.9 Å². The van der Waals surface area contributed by atoms with Gasteiger partial charge in [0.15, 0.2) is 0 Å². The minimum Gasteiger partial charge on any atom is -0.326 e. The zero-order chi connectivity index (χ0) is 17.5. The van der Waals surface area contributed by atoms with Crippen molar-refractivity contribution in [2.45, 2.75) is 32.6 Å². The lowest BCUT2D eigenvalue weighted by atomic mass is 9.86. The predicted octanol–water partition coefficient (Wildman–Crippen LogP) is 1.49. The molecule has 2 heterocycles. The van der Waals surface area contributed by atoms with Crippen LogP contribution in [0.4, 0.5) is 11.4 Å². The number of hydrogen-bond donors (Lipinski definition) is 3. The van der Waals surface area contributed by atoms with E-state index in [1.165, 1.54) is 6.33 Å². The van der Waals surface area contributed by atoms with Gasteiger partial charge in [-0.15, -0.1) is 0 Å². The van der Waals surface area contributed by atoms with Crippen molar-refractivity contribution in [1.82, 2.24) is 9.97 Å². The number of aromatic amines is 1. The molecule has 0 fully saturated rings. The molecule has 24 heavy (non-hydrogen) atoms. The van der Waals surface area contributed by atoms with Crippen LogP contribution in [0.1, 0.15) is 30.7 Å². The Balaban J connectivity index is 1.79. The Kier molecular flexibility index (Phi) is 3.71. The first-order chi connectivity index (χ1) is 11.3. The summed E-state index contributed by atoms with van der Waals surface area (Å²) in [6.07, 6.45) is 1.29. The molecule has 0 radical (unpaired) electrons. The van der Waals surface area contributed by atoms with E-state index in [0.29, 0.717) is 16.9 Å². The Morgan fingerprint density at radius 2 is 2.04 bits per heavy atom. The van der Waals surface area contributed by atoms with E-state index in [9.17, 15) is 14.4 Å². The monoisotopic (exact) mass is 326 g/mol. The molecule has 3 N–H and O–H groups in total. The average molecular weight is 326 g/mol. The van der Waals surface area contributed by atoms with Crippen LogP contribution in [0.15, 0.2) is 29.3 Å². The molecule has 0 saturated heterocycles. The summed E-state index contributed by atoms with van der Waals surface area (Å²) in [6.45, 7) is 5.30. The summed E-state index contributed by atoms with van der Waals surface area (Å²) in [7, 11) is 0. The van der Waals surface area contributed by atoms with Crippen LogP contribution in [0.25, 0.3) is 0 Å². The molecule has 7 nitrogen and oxygen atoms in total. The minimum absolute atomic E-state index is 0.00735. The van der Waals surface area contributed by atoms with E-state index in [-0.39, 0.29) is 23.8 Å². The lowest BCUT2D eigenvalue weighted by Gasteiger charge is -2.16. The van der Waals surface area contributed by atoms with Crippen LogP contribution in [-0.4, -0.2) is 21.8 Å². The van der Waals surface area contributed by atoms with Gasteiger partial charge in [0.2, 0.25) is 11.8 Å². The largest absolute Gasteiger partial charge is 0.326 e. The highest BCUT2D eigenvalue weighted by molar-refractivity contribution is 6.06. The van der Waals surface area contributed by atoms with Gasteiger partial charge in [-0.25, -0.2) is 4.98 Å². The molecule has 1 aliphatic rings. The highest BCUT2D eigenvalue weighted by Crippen LogP contribution is 2.38. The summed E-state index contributed by atoms with van der Waals surface area (Å²) in [5, 5.41) is 5.61. The molecule has 1 aliphatic heterocycles. The van der Waals surface area contributed by atoms with Gasteiger partial charge >= 0.3 is 0 Å². The van der Waals surface area contributed by atoms with Crippen molar-refractivity contribution < 1.29 is 9.59 Å². The lowest BCUT2D eigenvalue weighted by Crippen LogP contribution is -2.27. The van der Waals surface area contributed by atoms with Crippen LogP contribution in [0.5, 0.6) is 0 Å². The number of H-pyrrole nitrogens is 1. The summed E-state index contributed by atoms with van der Waals surface area (Å²) < 4.78 is 0. The number of amides is 2. The number of nitrogens with zero attached hydrogens (tertiary/aromatic N) is 1. The fraction of sp³-hybridized carbons (Fsp3) is 0.294. The van der Waals surface area contributed by atoms with E-state index in [4.69, 9.17) is 0 Å². The molecule has 2 amide bonds. The predicted molar refractivity (Wildman–Crippen MR) is 90.0 cm³/mol. The summed E-state index contributed by atoms with van der Waals surface area (Å²) in [6, 6.07) is 5.30. The fourth-order valence-electron chi connectivity index (χ4n) is 2.69. The maximum atomic E-state index is 12.2. The number of anilines is 2. The van der Waals surface area contributed by atoms with Crippen molar-refractivity contribution in [3.05, 3.63) is 51.7 Å². The second-order valence-electron chi connectivity index (χ2n) is 6.37. The molecule has 0 aliphatic carbocycles. The summed E-state index contributed by atoms with van der Waals surface area (Å²) in [5.41, 5.74) is 2.18.